The molecular weight excluding hydrogens is 414 g/mol. The fraction of sp³-hybridized carbons (Fsp3) is 0.304. The molecule has 5 rings (SSSR count). The number of carbonyl (C=O) groups excluding carboxylic acids is 1. The number of benzene rings is 1. The highest BCUT2D eigenvalue weighted by Gasteiger charge is 2.56. The lowest BCUT2D eigenvalue weighted by Crippen LogP contribution is -2.37. The van der Waals surface area contributed by atoms with Crippen LogP contribution in [0.2, 0.25) is 0 Å². The van der Waals surface area contributed by atoms with Crippen molar-refractivity contribution in [1.82, 2.24) is 14.9 Å². The Morgan fingerprint density at radius 1 is 1.32 bits per heavy atom. The van der Waals surface area contributed by atoms with Gasteiger partial charge in [-0.2, -0.15) is 0 Å². The van der Waals surface area contributed by atoms with Gasteiger partial charge in [-0.15, -0.1) is 0 Å². The van der Waals surface area contributed by atoms with Gasteiger partial charge in [-0.05, 0) is 48.2 Å². The number of pyridine rings is 1. The van der Waals surface area contributed by atoms with Crippen molar-refractivity contribution in [2.75, 3.05) is 13.1 Å². The molecule has 1 aromatic carbocycles. The van der Waals surface area contributed by atoms with E-state index in [1.165, 1.54) is 16.7 Å². The van der Waals surface area contributed by atoms with Crippen LogP contribution in [0.1, 0.15) is 30.9 Å². The predicted molar refractivity (Wildman–Crippen MR) is 115 cm³/mol. The van der Waals surface area contributed by atoms with Crippen molar-refractivity contribution < 1.29 is 4.79 Å². The second-order valence-corrected chi connectivity index (χ2v) is 8.97. The Balaban J connectivity index is 1.31. The summed E-state index contributed by atoms with van der Waals surface area (Å²) in [6.45, 7) is 3.68. The maximum Gasteiger partial charge on any atom is 0.226 e. The van der Waals surface area contributed by atoms with Crippen LogP contribution in [0.3, 0.4) is 0 Å². The summed E-state index contributed by atoms with van der Waals surface area (Å²) in [5.41, 5.74) is 4.64. The van der Waals surface area contributed by atoms with Gasteiger partial charge < -0.3 is 9.88 Å². The highest BCUT2D eigenvalue weighted by molar-refractivity contribution is 9.10. The van der Waals surface area contributed by atoms with Crippen LogP contribution in [0.5, 0.6) is 0 Å². The molecule has 0 radical (unpaired) electrons. The van der Waals surface area contributed by atoms with Crippen molar-refractivity contribution in [3.63, 3.8) is 0 Å². The van der Waals surface area contributed by atoms with Crippen molar-refractivity contribution in [1.29, 1.82) is 0 Å². The van der Waals surface area contributed by atoms with Crippen LogP contribution in [-0.4, -0.2) is 33.9 Å². The molecule has 3 aromatic rings. The minimum Gasteiger partial charge on any atom is -0.346 e. The molecular formula is C23H22BrN3O. The Hall–Kier alpha value is -2.40. The average Bonchev–Trinajstić information content (AvgIpc) is 3.24. The summed E-state index contributed by atoms with van der Waals surface area (Å²) in [4.78, 5) is 22.7. The number of nitrogens with one attached hydrogen (secondary N) is 1. The summed E-state index contributed by atoms with van der Waals surface area (Å²) in [6.07, 6.45) is 7.86. The zero-order valence-corrected chi connectivity index (χ0v) is 17.4. The van der Waals surface area contributed by atoms with Gasteiger partial charge in [0.1, 0.15) is 5.65 Å². The smallest absolute Gasteiger partial charge is 0.226 e. The SMILES string of the molecule is CC1(c2cccc(Br)c2)CC1C(=O)N1CC=C(c2c[nH]c3ncccc23)CC1. The van der Waals surface area contributed by atoms with Crippen molar-refractivity contribution >= 4 is 38.4 Å². The van der Waals surface area contributed by atoms with Gasteiger partial charge in [-0.3, -0.25) is 4.79 Å². The first-order valence-electron chi connectivity index (χ1n) is 9.72. The number of fused-ring (bicyclic) bond motifs is 1. The number of aromatic amines is 1. The number of H-pyrrole nitrogens is 1. The number of halogens is 1. The van der Waals surface area contributed by atoms with Crippen LogP contribution in [0, 0.1) is 5.92 Å². The zero-order chi connectivity index (χ0) is 19.3. The Morgan fingerprint density at radius 2 is 2.21 bits per heavy atom. The number of carbonyl (C=O) groups is 1. The molecule has 2 unspecified atom stereocenters. The van der Waals surface area contributed by atoms with E-state index in [1.807, 2.05) is 23.2 Å². The van der Waals surface area contributed by atoms with E-state index >= 15 is 0 Å². The molecule has 5 heteroatoms. The molecule has 1 aliphatic carbocycles. The Labute approximate surface area is 172 Å². The summed E-state index contributed by atoms with van der Waals surface area (Å²) in [5, 5.41) is 1.15. The van der Waals surface area contributed by atoms with E-state index in [9.17, 15) is 4.79 Å². The standard InChI is InChI=1S/C23H22BrN3O/c1-23(16-4-2-5-17(24)12-16)13-20(23)22(28)27-10-7-15(8-11-27)19-14-26-21-18(19)6-3-9-25-21/h2-7,9,12,14,20H,8,10-11,13H2,1H3,(H,25,26). The molecule has 1 fully saturated rings. The topological polar surface area (TPSA) is 49.0 Å². The molecule has 0 bridgehead atoms. The Morgan fingerprint density at radius 3 is 3.00 bits per heavy atom. The van der Waals surface area contributed by atoms with Gasteiger partial charge in [0.05, 0.1) is 0 Å². The molecule has 2 aromatic heterocycles. The Kier molecular flexibility index (Phi) is 4.16. The summed E-state index contributed by atoms with van der Waals surface area (Å²) >= 11 is 3.55. The zero-order valence-electron chi connectivity index (χ0n) is 15.8. The van der Waals surface area contributed by atoms with E-state index in [0.717, 1.165) is 34.9 Å². The van der Waals surface area contributed by atoms with Gasteiger partial charge in [-0.25, -0.2) is 4.98 Å². The molecule has 28 heavy (non-hydrogen) atoms. The van der Waals surface area contributed by atoms with Gasteiger partial charge >= 0.3 is 0 Å². The Bertz CT molecular complexity index is 1100. The predicted octanol–water partition coefficient (Wildman–Crippen LogP) is 4.92. The number of hydrogen-bond acceptors (Lipinski definition) is 2. The first-order chi connectivity index (χ1) is 13.6. The molecule has 1 N–H and O–H groups in total. The normalized spacial score (nSPS) is 24.3. The van der Waals surface area contributed by atoms with E-state index in [0.29, 0.717) is 12.5 Å². The fourth-order valence-corrected chi connectivity index (χ4v) is 4.84. The van der Waals surface area contributed by atoms with Crippen LogP contribution in [-0.2, 0) is 10.2 Å². The molecule has 3 heterocycles. The lowest BCUT2D eigenvalue weighted by atomic mass is 9.94. The molecule has 1 saturated carbocycles. The minimum absolute atomic E-state index is 0.0344. The van der Waals surface area contributed by atoms with E-state index in [2.05, 4.69) is 63.2 Å². The fourth-order valence-electron chi connectivity index (χ4n) is 4.44. The van der Waals surface area contributed by atoms with Crippen LogP contribution in [0.25, 0.3) is 16.6 Å². The van der Waals surface area contributed by atoms with Crippen LogP contribution in [0.4, 0.5) is 0 Å². The number of nitrogens with zero attached hydrogens (tertiary/aromatic N) is 2. The second kappa shape index (κ2) is 6.59. The second-order valence-electron chi connectivity index (χ2n) is 8.05. The van der Waals surface area contributed by atoms with Gasteiger partial charge in [0.25, 0.3) is 0 Å². The van der Waals surface area contributed by atoms with Gasteiger partial charge in [-0.1, -0.05) is 41.1 Å². The van der Waals surface area contributed by atoms with Crippen LogP contribution >= 0.6 is 15.9 Å². The van der Waals surface area contributed by atoms with Crippen molar-refractivity contribution in [2.24, 2.45) is 5.92 Å². The van der Waals surface area contributed by atoms with Gasteiger partial charge in [0, 0.05) is 52.2 Å². The minimum atomic E-state index is -0.0344. The lowest BCUT2D eigenvalue weighted by molar-refractivity contribution is -0.132. The maximum atomic E-state index is 13.1. The molecule has 1 aliphatic heterocycles. The monoisotopic (exact) mass is 435 g/mol. The first-order valence-corrected chi connectivity index (χ1v) is 10.5. The number of aromatic nitrogens is 2. The highest BCUT2D eigenvalue weighted by Crippen LogP contribution is 2.55. The third-order valence-electron chi connectivity index (χ3n) is 6.34. The quantitative estimate of drug-likeness (QED) is 0.634. The van der Waals surface area contributed by atoms with Crippen LogP contribution in [0.15, 0.2) is 59.3 Å². The summed E-state index contributed by atoms with van der Waals surface area (Å²) in [7, 11) is 0. The third kappa shape index (κ3) is 2.89. The van der Waals surface area contributed by atoms with Crippen LogP contribution < -0.4 is 0 Å². The van der Waals surface area contributed by atoms with Gasteiger partial charge in [0.15, 0.2) is 0 Å². The molecule has 0 spiro atoms. The highest BCUT2D eigenvalue weighted by atomic mass is 79.9. The van der Waals surface area contributed by atoms with E-state index in [4.69, 9.17) is 0 Å². The summed E-state index contributed by atoms with van der Waals surface area (Å²) < 4.78 is 1.07. The molecule has 0 saturated heterocycles. The van der Waals surface area contributed by atoms with Crippen molar-refractivity contribution in [2.45, 2.75) is 25.2 Å². The molecule has 2 atom stereocenters. The molecule has 142 valence electrons. The van der Waals surface area contributed by atoms with E-state index < -0.39 is 0 Å². The van der Waals surface area contributed by atoms with Gasteiger partial charge in [0.2, 0.25) is 5.91 Å². The number of rotatable bonds is 3. The first kappa shape index (κ1) is 17.7. The summed E-state index contributed by atoms with van der Waals surface area (Å²) in [5.74, 6) is 0.382. The summed E-state index contributed by atoms with van der Waals surface area (Å²) in [6, 6.07) is 12.4. The number of amides is 1. The van der Waals surface area contributed by atoms with E-state index in [1.54, 1.807) is 6.20 Å². The van der Waals surface area contributed by atoms with Crippen molar-refractivity contribution in [3.05, 3.63) is 70.5 Å². The third-order valence-corrected chi connectivity index (χ3v) is 6.83. The van der Waals surface area contributed by atoms with Crippen molar-refractivity contribution in [3.8, 4) is 0 Å². The number of hydrogen-bond donors (Lipinski definition) is 1. The average molecular weight is 436 g/mol. The van der Waals surface area contributed by atoms with E-state index in [-0.39, 0.29) is 11.3 Å². The largest absolute Gasteiger partial charge is 0.346 e. The maximum absolute atomic E-state index is 13.1. The molecule has 4 nitrogen and oxygen atoms in total. The molecule has 1 amide bonds. The lowest BCUT2D eigenvalue weighted by Gasteiger charge is -2.27. The molecule has 2 aliphatic rings.